The Kier molecular flexibility index (Phi) is 13.3. The molecule has 0 N–H and O–H groups in total. The smallest absolute Gasteiger partial charge is 0.585 e. The zero-order valence-corrected chi connectivity index (χ0v) is 6.30. The fraction of sp³-hybridized carbons (Fsp3) is 0. The van der Waals surface area contributed by atoms with Gasteiger partial charge < -0.3 is 16.7 Å². The van der Waals surface area contributed by atoms with Crippen molar-refractivity contribution in [3.8, 4) is 0 Å². The summed E-state index contributed by atoms with van der Waals surface area (Å²) in [7, 11) is 0. The molecule has 4 heavy (non-hydrogen) atoms. The van der Waals surface area contributed by atoms with E-state index in [1.54, 1.807) is 0 Å². The van der Waals surface area contributed by atoms with Gasteiger partial charge in [0.15, 0.2) is 0 Å². The van der Waals surface area contributed by atoms with Crippen LogP contribution in [0.3, 0.4) is 0 Å². The molecular weight excluding hydrogens is 101 g/mol. The standard InChI is InChI=1S/BFHS.K/c2-1-3;/h3H;/q-1;+1/i3T;. The molecule has 0 spiro atoms. The first kappa shape index (κ1) is 5.98. The van der Waals surface area contributed by atoms with Gasteiger partial charge in [-0.15, -0.1) is 0 Å². The Morgan fingerprint density at radius 3 is 2.50 bits per heavy atom. The molecule has 2 radical (unpaired) electrons. The molecule has 0 aliphatic carbocycles. The fourth-order valence-corrected chi connectivity index (χ4v) is 0. The van der Waals surface area contributed by atoms with E-state index in [4.69, 9.17) is 1.12 Å². The van der Waals surface area contributed by atoms with Crippen LogP contribution in [0, 0.1) is 0 Å². The van der Waals surface area contributed by atoms with Crippen LogP contribution in [0.4, 0.5) is 4.32 Å². The predicted octanol–water partition coefficient (Wildman–Crippen LogP) is -2.58. The zero-order valence-electron chi connectivity index (χ0n) is 3.36. The van der Waals surface area contributed by atoms with Crippen molar-refractivity contribution in [1.82, 2.24) is 0 Å². The molecule has 0 saturated carbocycles. The predicted molar refractivity (Wildman–Crippen MR) is 15.8 cm³/mol. The van der Waals surface area contributed by atoms with Crippen molar-refractivity contribution >= 4 is 19.2 Å². The van der Waals surface area contributed by atoms with Crippen LogP contribution in [0.25, 0.3) is 0 Å². The Balaban J connectivity index is 0. The molecule has 0 aliphatic rings. The SMILES string of the molecule is [3H]S[B-]F.[K+]. The van der Waals surface area contributed by atoms with Crippen LogP contribution in [0.5, 0.6) is 0 Å². The van der Waals surface area contributed by atoms with Gasteiger partial charge in [0.1, 0.15) is 0 Å². The second-order valence-electron chi connectivity index (χ2n) is 0.0891. The summed E-state index contributed by atoms with van der Waals surface area (Å²) in [6, 6.07) is 0. The Bertz CT molecular complexity index is 13.6. The Morgan fingerprint density at radius 2 is 2.50 bits per heavy atom. The number of thiol groups is 1. The molecule has 0 aromatic rings. The largest absolute Gasteiger partial charge is 1.00 e. The molecule has 0 atom stereocenters. The summed E-state index contributed by atoms with van der Waals surface area (Å²) < 4.78 is 16.3. The first-order valence-corrected chi connectivity index (χ1v) is 0.925. The van der Waals surface area contributed by atoms with Gasteiger partial charge in [-0.05, 0) is 6.84 Å². The van der Waals surface area contributed by atoms with Gasteiger partial charge in [-0.3, -0.25) is 0 Å². The number of hydrogen-bond donors (Lipinski definition) is 1. The van der Waals surface area contributed by atoms with E-state index in [0.29, 0.717) is 12.4 Å². The van der Waals surface area contributed by atoms with Crippen molar-refractivity contribution in [2.45, 2.75) is 0 Å². The third kappa shape index (κ3) is 9.01. The molecule has 0 bridgehead atoms. The summed E-state index contributed by atoms with van der Waals surface area (Å²) in [5.74, 6) is 0. The fourth-order valence-electron chi connectivity index (χ4n) is 0. The van der Waals surface area contributed by atoms with E-state index in [1.165, 1.54) is 0 Å². The number of halogens is 1. The van der Waals surface area contributed by atoms with E-state index in [1.807, 2.05) is 0 Å². The van der Waals surface area contributed by atoms with Gasteiger partial charge in [0.25, 0.3) is 0 Å². The van der Waals surface area contributed by atoms with Crippen LogP contribution in [-0.2, 0) is 0 Å². The van der Waals surface area contributed by atoms with Gasteiger partial charge in [0.05, 0.1) is 1.12 Å². The van der Waals surface area contributed by atoms with E-state index in [0.717, 1.165) is 0 Å². The van der Waals surface area contributed by atoms with E-state index in [2.05, 4.69) is 0 Å². The van der Waals surface area contributed by atoms with Crippen molar-refractivity contribution in [2.24, 2.45) is 0 Å². The van der Waals surface area contributed by atoms with Gasteiger partial charge in [-0.25, -0.2) is 0 Å². The second-order valence-corrected chi connectivity index (χ2v) is 0.267. The molecule has 0 heterocycles. The summed E-state index contributed by atoms with van der Waals surface area (Å²) >= 11 is 0.315. The summed E-state index contributed by atoms with van der Waals surface area (Å²) in [6.45, 7) is 0.208. The molecule has 0 rings (SSSR count). The molecular formula is HBFKS. The third-order valence-corrected chi connectivity index (χ3v) is 0. The molecule has 0 unspecified atom stereocenters. The maximum atomic E-state index is 10.4. The van der Waals surface area contributed by atoms with Crippen molar-refractivity contribution in [1.29, 1.82) is 1.12 Å². The Labute approximate surface area is 74.6 Å². The summed E-state index contributed by atoms with van der Waals surface area (Å²) in [4.78, 5) is 0. The number of rotatable bonds is 1. The van der Waals surface area contributed by atoms with Crippen molar-refractivity contribution < 1.29 is 55.7 Å². The Morgan fingerprint density at radius 1 is 2.25 bits per heavy atom. The monoisotopic (exact) mass is 104 g/mol. The van der Waals surface area contributed by atoms with E-state index in [-0.39, 0.29) is 58.2 Å². The quantitative estimate of drug-likeness (QED) is 0.274. The minimum atomic E-state index is 0. The minimum absolute atomic E-state index is 0. The van der Waals surface area contributed by atoms with E-state index in [9.17, 15) is 4.32 Å². The molecule has 0 nitrogen and oxygen atoms in total. The number of hydrogen-bond acceptors (Lipinski definition) is 1. The van der Waals surface area contributed by atoms with Crippen molar-refractivity contribution in [2.75, 3.05) is 0 Å². The minimum Gasteiger partial charge on any atom is -0.585 e. The molecule has 0 aromatic carbocycles. The molecule has 4 heteroatoms. The van der Waals surface area contributed by atoms with Crippen LogP contribution in [-0.4, -0.2) is 7.96 Å². The maximum absolute atomic E-state index is 10.4. The first-order valence-electron chi connectivity index (χ1n) is 0.862. The Hall–Kier alpha value is 1.98. The van der Waals surface area contributed by atoms with Crippen LogP contribution in [0.1, 0.15) is 0 Å². The first-order chi connectivity index (χ1) is 1.91. The van der Waals surface area contributed by atoms with Crippen LogP contribution >= 0.6 is 12.4 Å². The van der Waals surface area contributed by atoms with Gasteiger partial charge in [-0.2, -0.15) is 0 Å². The average Bonchev–Trinajstić information content (AvgIpc) is 1.37. The molecule has 18 valence electrons. The molecule has 0 amide bonds. The zero-order chi connectivity index (χ0) is 3.41. The van der Waals surface area contributed by atoms with E-state index >= 15 is 0 Å². The van der Waals surface area contributed by atoms with Gasteiger partial charge in [0, 0.05) is 0 Å². The maximum Gasteiger partial charge on any atom is 1.00 e. The third-order valence-electron chi connectivity index (χ3n) is 0. The summed E-state index contributed by atoms with van der Waals surface area (Å²) in [5.41, 5.74) is 0. The van der Waals surface area contributed by atoms with Crippen molar-refractivity contribution in [3.05, 3.63) is 0 Å². The topological polar surface area (TPSA) is 0 Å². The van der Waals surface area contributed by atoms with Crippen LogP contribution in [0.2, 0.25) is 0 Å². The van der Waals surface area contributed by atoms with Crippen LogP contribution in [0.15, 0.2) is 0 Å². The van der Waals surface area contributed by atoms with Crippen molar-refractivity contribution in [3.63, 3.8) is 0 Å². The molecule has 0 fully saturated rings. The summed E-state index contributed by atoms with van der Waals surface area (Å²) in [5, 5.41) is 0. The molecule has 0 aliphatic heterocycles. The van der Waals surface area contributed by atoms with Gasteiger partial charge in [0.2, 0.25) is 0 Å². The van der Waals surface area contributed by atoms with Gasteiger partial charge in [-0.1, -0.05) is 0 Å². The van der Waals surface area contributed by atoms with E-state index < -0.39 is 0 Å². The average molecular weight is 104 g/mol. The van der Waals surface area contributed by atoms with Crippen LogP contribution < -0.4 is 51.4 Å². The normalized spacial score (nSPS) is 7.75. The summed E-state index contributed by atoms with van der Waals surface area (Å²) in [6.07, 6.45) is 0. The molecule has 0 aromatic heterocycles. The van der Waals surface area contributed by atoms with Gasteiger partial charge >= 0.3 is 51.4 Å². The molecule has 0 saturated heterocycles. The second kappa shape index (κ2) is 8.88.